The summed E-state index contributed by atoms with van der Waals surface area (Å²) >= 11 is 1.33. The Balaban J connectivity index is 1.48. The fraction of sp³-hybridized carbons (Fsp3) is 0.111. The first-order valence-corrected chi connectivity index (χ1v) is 8.72. The highest BCUT2D eigenvalue weighted by Crippen LogP contribution is 2.35. The third kappa shape index (κ3) is 3.50. The first-order chi connectivity index (χ1) is 12.7. The summed E-state index contributed by atoms with van der Waals surface area (Å²) in [5.41, 5.74) is 1.52. The Kier molecular flexibility index (Phi) is 4.49. The van der Waals surface area contributed by atoms with Crippen LogP contribution in [0.3, 0.4) is 0 Å². The number of hydrogen-bond acceptors (Lipinski definition) is 7. The molecule has 0 aliphatic carbocycles. The number of nitrogens with zero attached hydrogens (tertiary/aromatic N) is 4. The lowest BCUT2D eigenvalue weighted by Gasteiger charge is -2.01. The average Bonchev–Trinajstić information content (AvgIpc) is 3.33. The predicted octanol–water partition coefficient (Wildman–Crippen LogP) is 4.78. The topological polar surface area (TPSA) is 77.8 Å². The van der Waals surface area contributed by atoms with Gasteiger partial charge in [-0.15, -0.1) is 20.4 Å². The lowest BCUT2D eigenvalue weighted by Crippen LogP contribution is -1.88. The van der Waals surface area contributed by atoms with Gasteiger partial charge in [-0.25, -0.2) is 4.39 Å². The van der Waals surface area contributed by atoms with Gasteiger partial charge in [0.2, 0.25) is 17.7 Å². The van der Waals surface area contributed by atoms with E-state index in [-0.39, 0.29) is 11.1 Å². The molecule has 4 rings (SSSR count). The van der Waals surface area contributed by atoms with Gasteiger partial charge in [0.15, 0.2) is 0 Å². The molecule has 0 unspecified atom stereocenters. The third-order valence-electron chi connectivity index (χ3n) is 3.58. The summed E-state index contributed by atoms with van der Waals surface area (Å²) in [4.78, 5) is 0. The van der Waals surface area contributed by atoms with Gasteiger partial charge in [0.25, 0.3) is 5.22 Å². The summed E-state index contributed by atoms with van der Waals surface area (Å²) in [7, 11) is 0. The van der Waals surface area contributed by atoms with Crippen molar-refractivity contribution in [2.45, 2.75) is 17.4 Å². The van der Waals surface area contributed by atoms with Gasteiger partial charge in [-0.05, 0) is 43.3 Å². The molecule has 1 atom stereocenters. The molecular formula is C18H13FN4O2S. The van der Waals surface area contributed by atoms with Crippen LogP contribution < -0.4 is 0 Å². The van der Waals surface area contributed by atoms with E-state index >= 15 is 0 Å². The Labute approximate surface area is 152 Å². The van der Waals surface area contributed by atoms with Crippen molar-refractivity contribution in [3.05, 3.63) is 66.3 Å². The largest absolute Gasteiger partial charge is 0.419 e. The van der Waals surface area contributed by atoms with Crippen LogP contribution in [0, 0.1) is 5.82 Å². The third-order valence-corrected chi connectivity index (χ3v) is 4.51. The second-order valence-corrected chi connectivity index (χ2v) is 6.74. The summed E-state index contributed by atoms with van der Waals surface area (Å²) in [6.45, 7) is 1.90. The lowest BCUT2D eigenvalue weighted by atomic mass is 10.2. The maximum atomic E-state index is 13.0. The van der Waals surface area contributed by atoms with Crippen molar-refractivity contribution >= 4 is 11.8 Å². The van der Waals surface area contributed by atoms with Gasteiger partial charge in [-0.1, -0.05) is 30.0 Å². The molecule has 0 saturated carbocycles. The minimum Gasteiger partial charge on any atom is -0.419 e. The quantitative estimate of drug-likeness (QED) is 0.469. The minimum absolute atomic E-state index is 0.180. The van der Waals surface area contributed by atoms with E-state index in [0.717, 1.165) is 5.56 Å². The van der Waals surface area contributed by atoms with Gasteiger partial charge in [0.05, 0.1) is 5.25 Å². The van der Waals surface area contributed by atoms with Gasteiger partial charge in [-0.3, -0.25) is 0 Å². The summed E-state index contributed by atoms with van der Waals surface area (Å²) in [5.74, 6) is 0.901. The molecule has 0 fully saturated rings. The normalized spacial score (nSPS) is 12.2. The van der Waals surface area contributed by atoms with Crippen LogP contribution in [0.2, 0.25) is 0 Å². The highest BCUT2D eigenvalue weighted by molar-refractivity contribution is 7.99. The van der Waals surface area contributed by atoms with Crippen LogP contribution in [0.5, 0.6) is 0 Å². The summed E-state index contributed by atoms with van der Waals surface area (Å²) in [5, 5.41) is 16.4. The SMILES string of the molecule is C[C@H](Sc1nnc(-c2ccccc2)o1)c1nnc(-c2ccc(F)cc2)o1. The molecule has 26 heavy (non-hydrogen) atoms. The number of aromatic nitrogens is 4. The fourth-order valence-corrected chi connectivity index (χ4v) is 2.98. The summed E-state index contributed by atoms with van der Waals surface area (Å²) in [6, 6.07) is 15.4. The number of benzene rings is 2. The molecule has 0 aliphatic heterocycles. The van der Waals surface area contributed by atoms with Crippen LogP contribution in [0.25, 0.3) is 22.9 Å². The monoisotopic (exact) mass is 368 g/mol. The maximum absolute atomic E-state index is 13.0. The van der Waals surface area contributed by atoms with Crippen molar-refractivity contribution in [1.29, 1.82) is 0 Å². The fourth-order valence-electron chi connectivity index (χ4n) is 2.26. The number of thioether (sulfide) groups is 1. The van der Waals surface area contributed by atoms with Gasteiger partial charge in [0, 0.05) is 11.1 Å². The van der Waals surface area contributed by atoms with Crippen LogP contribution >= 0.6 is 11.8 Å². The number of hydrogen-bond donors (Lipinski definition) is 0. The number of rotatable bonds is 5. The van der Waals surface area contributed by atoms with Crippen LogP contribution in [-0.2, 0) is 0 Å². The molecule has 0 amide bonds. The molecule has 8 heteroatoms. The van der Waals surface area contributed by atoms with Crippen LogP contribution in [0.4, 0.5) is 4.39 Å². The first-order valence-electron chi connectivity index (χ1n) is 7.84. The molecule has 2 heterocycles. The molecule has 0 radical (unpaired) electrons. The van der Waals surface area contributed by atoms with E-state index in [0.29, 0.717) is 28.5 Å². The summed E-state index contributed by atoms with van der Waals surface area (Å²) < 4.78 is 24.4. The molecule has 130 valence electrons. The second kappa shape index (κ2) is 7.09. The van der Waals surface area contributed by atoms with Crippen molar-refractivity contribution < 1.29 is 13.2 Å². The Morgan fingerprint density at radius 1 is 0.808 bits per heavy atom. The molecule has 0 saturated heterocycles. The molecule has 0 spiro atoms. The standard InChI is InChI=1S/C18H13FN4O2S/c1-11(15-20-21-16(24-15)13-7-9-14(19)10-8-13)26-18-23-22-17(25-18)12-5-3-2-4-6-12/h2-11H,1H3/t11-/m0/s1. The predicted molar refractivity (Wildman–Crippen MR) is 93.7 cm³/mol. The van der Waals surface area contributed by atoms with Crippen LogP contribution in [-0.4, -0.2) is 20.4 Å². The van der Waals surface area contributed by atoms with Crippen LogP contribution in [0.1, 0.15) is 18.1 Å². The number of halogens is 1. The first kappa shape index (κ1) is 16.5. The van der Waals surface area contributed by atoms with Crippen molar-refractivity contribution in [3.63, 3.8) is 0 Å². The second-order valence-electron chi connectivity index (χ2n) is 5.45. The smallest absolute Gasteiger partial charge is 0.277 e. The summed E-state index contributed by atoms with van der Waals surface area (Å²) in [6.07, 6.45) is 0. The van der Waals surface area contributed by atoms with E-state index in [9.17, 15) is 4.39 Å². The highest BCUT2D eigenvalue weighted by Gasteiger charge is 2.19. The Hall–Kier alpha value is -3.00. The highest BCUT2D eigenvalue weighted by atomic mass is 32.2. The van der Waals surface area contributed by atoms with Crippen molar-refractivity contribution in [2.24, 2.45) is 0 Å². The van der Waals surface area contributed by atoms with Crippen molar-refractivity contribution in [2.75, 3.05) is 0 Å². The Morgan fingerprint density at radius 3 is 2.23 bits per heavy atom. The molecule has 0 bridgehead atoms. The van der Waals surface area contributed by atoms with E-state index in [2.05, 4.69) is 20.4 Å². The van der Waals surface area contributed by atoms with Gasteiger partial charge >= 0.3 is 0 Å². The molecule has 2 aromatic carbocycles. The van der Waals surface area contributed by atoms with E-state index in [1.54, 1.807) is 12.1 Å². The van der Waals surface area contributed by atoms with E-state index in [4.69, 9.17) is 8.83 Å². The van der Waals surface area contributed by atoms with E-state index in [1.807, 2.05) is 37.3 Å². The Morgan fingerprint density at radius 2 is 1.46 bits per heavy atom. The van der Waals surface area contributed by atoms with E-state index < -0.39 is 0 Å². The molecule has 6 nitrogen and oxygen atoms in total. The average molecular weight is 368 g/mol. The lowest BCUT2D eigenvalue weighted by molar-refractivity contribution is 0.461. The molecule has 4 aromatic rings. The maximum Gasteiger partial charge on any atom is 0.277 e. The van der Waals surface area contributed by atoms with Crippen molar-refractivity contribution in [3.8, 4) is 22.9 Å². The van der Waals surface area contributed by atoms with Gasteiger partial charge in [-0.2, -0.15) is 0 Å². The Bertz CT molecular complexity index is 1000. The van der Waals surface area contributed by atoms with Crippen LogP contribution in [0.15, 0.2) is 68.7 Å². The molecule has 0 N–H and O–H groups in total. The van der Waals surface area contributed by atoms with E-state index in [1.165, 1.54) is 23.9 Å². The zero-order valence-corrected chi connectivity index (χ0v) is 14.5. The minimum atomic E-state index is -0.317. The molecule has 2 aromatic heterocycles. The zero-order chi connectivity index (χ0) is 17.9. The van der Waals surface area contributed by atoms with Gasteiger partial charge < -0.3 is 8.83 Å². The van der Waals surface area contributed by atoms with Gasteiger partial charge in [0.1, 0.15) is 5.82 Å². The molecule has 0 aliphatic rings. The molecular weight excluding hydrogens is 355 g/mol. The van der Waals surface area contributed by atoms with Crippen molar-refractivity contribution in [1.82, 2.24) is 20.4 Å². The zero-order valence-electron chi connectivity index (χ0n) is 13.7.